The number of nitrogens with one attached hydrogen (secondary N) is 1. The molecule has 1 rings (SSSR count). The molecule has 0 saturated heterocycles. The van der Waals surface area contributed by atoms with E-state index in [2.05, 4.69) is 22.6 Å². The van der Waals surface area contributed by atoms with Crippen LogP contribution in [0.15, 0.2) is 6.20 Å². The van der Waals surface area contributed by atoms with Crippen molar-refractivity contribution in [1.29, 1.82) is 0 Å². The summed E-state index contributed by atoms with van der Waals surface area (Å²) >= 11 is 0. The molecule has 0 aromatic carbocycles. The highest BCUT2D eigenvalue weighted by Crippen LogP contribution is 2.02. The monoisotopic (exact) mass is 442 g/mol. The number of unbranched alkanes of at least 4 members (excludes halogenated alkanes) is 2. The Kier molecular flexibility index (Phi) is 17.0. The van der Waals surface area contributed by atoms with Crippen LogP contribution in [0.2, 0.25) is 0 Å². The van der Waals surface area contributed by atoms with Crippen LogP contribution in [0, 0.1) is 5.92 Å². The summed E-state index contributed by atoms with van der Waals surface area (Å²) in [6.07, 6.45) is 7.15. The van der Waals surface area contributed by atoms with Crippen LogP contribution in [0.4, 0.5) is 0 Å². The summed E-state index contributed by atoms with van der Waals surface area (Å²) in [5.74, 6) is 0.442. The van der Waals surface area contributed by atoms with Gasteiger partial charge in [-0.3, -0.25) is 4.79 Å². The number of amides is 1. The van der Waals surface area contributed by atoms with Gasteiger partial charge >= 0.3 is 0 Å². The summed E-state index contributed by atoms with van der Waals surface area (Å²) in [5, 5.41) is 11.1. The smallest absolute Gasteiger partial charge is 0.220 e. The van der Waals surface area contributed by atoms with Gasteiger partial charge in [-0.1, -0.05) is 38.8 Å². The van der Waals surface area contributed by atoms with E-state index in [4.69, 9.17) is 18.9 Å². The average Bonchev–Trinajstić information content (AvgIpc) is 3.18. The highest BCUT2D eigenvalue weighted by atomic mass is 16.6. The number of ether oxygens (including phenoxy) is 4. The normalized spacial score (nSPS) is 11.4. The number of hydrogen-bond acceptors (Lipinski definition) is 7. The van der Waals surface area contributed by atoms with E-state index in [-0.39, 0.29) is 5.91 Å². The van der Waals surface area contributed by atoms with E-state index >= 15 is 0 Å². The Morgan fingerprint density at radius 2 is 1.58 bits per heavy atom. The summed E-state index contributed by atoms with van der Waals surface area (Å²) in [5.41, 5.74) is 1.05. The van der Waals surface area contributed by atoms with Crippen LogP contribution in [0.25, 0.3) is 0 Å². The highest BCUT2D eigenvalue weighted by Gasteiger charge is 2.03. The zero-order chi connectivity index (χ0) is 22.6. The predicted molar refractivity (Wildman–Crippen MR) is 119 cm³/mol. The van der Waals surface area contributed by atoms with Gasteiger partial charge in [-0.2, -0.15) is 0 Å². The Hall–Kier alpha value is -1.55. The highest BCUT2D eigenvalue weighted by molar-refractivity contribution is 5.75. The molecule has 1 aromatic heterocycles. The second-order valence-corrected chi connectivity index (χ2v) is 7.83. The maximum absolute atomic E-state index is 11.5. The first kappa shape index (κ1) is 27.5. The van der Waals surface area contributed by atoms with Gasteiger partial charge in [-0.15, -0.1) is 5.10 Å². The van der Waals surface area contributed by atoms with E-state index < -0.39 is 0 Å². The van der Waals surface area contributed by atoms with E-state index in [1.807, 2.05) is 24.7 Å². The molecule has 0 saturated carbocycles. The lowest BCUT2D eigenvalue weighted by molar-refractivity contribution is -0.122. The van der Waals surface area contributed by atoms with Crippen LogP contribution in [0.3, 0.4) is 0 Å². The maximum Gasteiger partial charge on any atom is 0.220 e. The fourth-order valence-electron chi connectivity index (χ4n) is 2.74. The standard InChI is InChI=1S/C22H42N4O5/c1-4-5-6-7-21-19-26(25-24-21)9-11-29-13-15-31-17-16-30-14-12-28-10-8-23-22(27)18-20(2)3/h19-20H,4-18H2,1-3H3,(H,23,27). The molecule has 0 atom stereocenters. The Bertz CT molecular complexity index is 554. The van der Waals surface area contributed by atoms with E-state index in [0.717, 1.165) is 18.5 Å². The lowest BCUT2D eigenvalue weighted by Crippen LogP contribution is -2.28. The van der Waals surface area contributed by atoms with Gasteiger partial charge in [0.25, 0.3) is 0 Å². The van der Waals surface area contributed by atoms with Crippen molar-refractivity contribution >= 4 is 5.91 Å². The van der Waals surface area contributed by atoms with E-state index in [1.165, 1.54) is 12.8 Å². The zero-order valence-electron chi connectivity index (χ0n) is 19.6. The number of aromatic nitrogens is 3. The van der Waals surface area contributed by atoms with Crippen molar-refractivity contribution < 1.29 is 23.7 Å². The fourth-order valence-corrected chi connectivity index (χ4v) is 2.74. The van der Waals surface area contributed by atoms with Gasteiger partial charge in [0.05, 0.1) is 65.1 Å². The Labute approximate surface area is 187 Å². The maximum atomic E-state index is 11.5. The Morgan fingerprint density at radius 1 is 0.968 bits per heavy atom. The van der Waals surface area contributed by atoms with Crippen molar-refractivity contribution in [3.63, 3.8) is 0 Å². The number of hydrogen-bond donors (Lipinski definition) is 1. The molecular weight excluding hydrogens is 400 g/mol. The van der Waals surface area contributed by atoms with Gasteiger partial charge in [0.1, 0.15) is 0 Å². The number of carbonyl (C=O) groups excluding carboxylic acids is 1. The third-order valence-electron chi connectivity index (χ3n) is 4.37. The lowest BCUT2D eigenvalue weighted by Gasteiger charge is -2.09. The van der Waals surface area contributed by atoms with Gasteiger partial charge in [-0.05, 0) is 18.8 Å². The summed E-state index contributed by atoms with van der Waals surface area (Å²) < 4.78 is 23.7. The van der Waals surface area contributed by atoms with Gasteiger partial charge in [0.15, 0.2) is 0 Å². The minimum Gasteiger partial charge on any atom is -0.377 e. The topological polar surface area (TPSA) is 96.7 Å². The molecule has 1 heterocycles. The van der Waals surface area contributed by atoms with Crippen LogP contribution < -0.4 is 5.32 Å². The van der Waals surface area contributed by atoms with Gasteiger partial charge in [-0.25, -0.2) is 4.68 Å². The lowest BCUT2D eigenvalue weighted by atomic mass is 10.1. The molecule has 0 spiro atoms. The number of carbonyl (C=O) groups is 1. The first-order valence-corrected chi connectivity index (χ1v) is 11.6. The third-order valence-corrected chi connectivity index (χ3v) is 4.37. The molecule has 0 aliphatic rings. The summed E-state index contributed by atoms with van der Waals surface area (Å²) in [7, 11) is 0. The van der Waals surface area contributed by atoms with Gasteiger partial charge in [0, 0.05) is 19.2 Å². The fraction of sp³-hybridized carbons (Fsp3) is 0.864. The first-order chi connectivity index (χ1) is 15.1. The van der Waals surface area contributed by atoms with Crippen molar-refractivity contribution in [3.05, 3.63) is 11.9 Å². The van der Waals surface area contributed by atoms with Crippen LogP contribution in [-0.2, 0) is 36.7 Å². The second kappa shape index (κ2) is 19.2. The molecule has 9 nitrogen and oxygen atoms in total. The van der Waals surface area contributed by atoms with Crippen LogP contribution in [-0.4, -0.2) is 80.3 Å². The van der Waals surface area contributed by atoms with Gasteiger partial charge < -0.3 is 24.3 Å². The van der Waals surface area contributed by atoms with Crippen LogP contribution in [0.5, 0.6) is 0 Å². The molecule has 0 radical (unpaired) electrons. The predicted octanol–water partition coefficient (Wildman–Crippen LogP) is 2.24. The second-order valence-electron chi connectivity index (χ2n) is 7.83. The molecule has 0 unspecified atom stereocenters. The molecule has 1 N–H and O–H groups in total. The van der Waals surface area contributed by atoms with E-state index in [9.17, 15) is 4.79 Å². The molecule has 0 aliphatic heterocycles. The molecular formula is C22H42N4O5. The molecule has 0 aliphatic carbocycles. The van der Waals surface area contributed by atoms with Crippen molar-refractivity contribution in [2.75, 3.05) is 59.4 Å². The zero-order valence-corrected chi connectivity index (χ0v) is 19.6. The Balaban J connectivity index is 1.79. The number of rotatable bonds is 21. The average molecular weight is 443 g/mol. The van der Waals surface area contributed by atoms with Crippen LogP contribution >= 0.6 is 0 Å². The van der Waals surface area contributed by atoms with Crippen molar-refractivity contribution in [2.24, 2.45) is 5.92 Å². The molecule has 1 aromatic rings. The van der Waals surface area contributed by atoms with Crippen LogP contribution in [0.1, 0.15) is 52.1 Å². The first-order valence-electron chi connectivity index (χ1n) is 11.6. The largest absolute Gasteiger partial charge is 0.377 e. The Morgan fingerprint density at radius 3 is 2.19 bits per heavy atom. The number of aryl methyl sites for hydroxylation is 1. The minimum absolute atomic E-state index is 0.0707. The quantitative estimate of drug-likeness (QED) is 0.292. The van der Waals surface area contributed by atoms with Crippen molar-refractivity contribution in [3.8, 4) is 0 Å². The molecule has 0 fully saturated rings. The van der Waals surface area contributed by atoms with Gasteiger partial charge in [0.2, 0.25) is 5.91 Å². The molecule has 0 bridgehead atoms. The molecule has 9 heteroatoms. The third kappa shape index (κ3) is 16.8. The van der Waals surface area contributed by atoms with E-state index in [1.54, 1.807) is 0 Å². The molecule has 1 amide bonds. The summed E-state index contributed by atoms with van der Waals surface area (Å²) in [6, 6.07) is 0. The van der Waals surface area contributed by atoms with Crippen molar-refractivity contribution in [1.82, 2.24) is 20.3 Å². The number of nitrogens with zero attached hydrogens (tertiary/aromatic N) is 3. The molecule has 31 heavy (non-hydrogen) atoms. The SMILES string of the molecule is CCCCCc1cn(CCOCCOCCOCCOCCNC(=O)CC(C)C)nn1. The van der Waals surface area contributed by atoms with Crippen molar-refractivity contribution in [2.45, 2.75) is 59.4 Å². The summed E-state index contributed by atoms with van der Waals surface area (Å²) in [4.78, 5) is 11.5. The summed E-state index contributed by atoms with van der Waals surface area (Å²) in [6.45, 7) is 11.7. The van der Waals surface area contributed by atoms with E-state index in [0.29, 0.717) is 78.3 Å². The minimum atomic E-state index is 0.0707. The molecule has 180 valence electrons.